The molecule has 2 aromatic carbocycles. The molecular weight excluding hydrogens is 388 g/mol. The van der Waals surface area contributed by atoms with Crippen molar-refractivity contribution in [2.75, 3.05) is 51.6 Å². The van der Waals surface area contributed by atoms with Crippen LogP contribution in [0, 0.1) is 13.8 Å². The fraction of sp³-hybridized carbons (Fsp3) is 0.440. The SMILES string of the molecule is Cc1cccc(C)c1NC(=O)CN1CCN(CC(=O)N(C)[C@@H](C)c2ccccc2)CC1. The highest BCUT2D eigenvalue weighted by Crippen LogP contribution is 2.20. The maximum absolute atomic E-state index is 12.8. The van der Waals surface area contributed by atoms with E-state index < -0.39 is 0 Å². The number of hydrogen-bond acceptors (Lipinski definition) is 4. The molecule has 0 radical (unpaired) electrons. The molecule has 1 N–H and O–H groups in total. The number of carbonyl (C=O) groups is 2. The summed E-state index contributed by atoms with van der Waals surface area (Å²) in [7, 11) is 1.87. The van der Waals surface area contributed by atoms with Gasteiger partial charge in [-0.05, 0) is 37.5 Å². The molecule has 1 fully saturated rings. The molecule has 1 aliphatic heterocycles. The number of nitrogens with one attached hydrogen (secondary N) is 1. The molecule has 0 saturated carbocycles. The molecule has 2 aromatic rings. The highest BCUT2D eigenvalue weighted by Gasteiger charge is 2.24. The van der Waals surface area contributed by atoms with Gasteiger partial charge in [0.25, 0.3) is 0 Å². The maximum Gasteiger partial charge on any atom is 0.238 e. The lowest BCUT2D eigenvalue weighted by atomic mass is 10.1. The number of amides is 2. The largest absolute Gasteiger partial charge is 0.338 e. The summed E-state index contributed by atoms with van der Waals surface area (Å²) in [5.41, 5.74) is 4.20. The van der Waals surface area contributed by atoms with Crippen LogP contribution in [0.1, 0.15) is 29.7 Å². The van der Waals surface area contributed by atoms with Gasteiger partial charge < -0.3 is 10.2 Å². The first-order valence-corrected chi connectivity index (χ1v) is 11.0. The second-order valence-corrected chi connectivity index (χ2v) is 8.46. The highest BCUT2D eigenvalue weighted by molar-refractivity contribution is 5.93. The highest BCUT2D eigenvalue weighted by atomic mass is 16.2. The predicted octanol–water partition coefficient (Wildman–Crippen LogP) is 3.08. The van der Waals surface area contributed by atoms with Gasteiger partial charge in [-0.15, -0.1) is 0 Å². The van der Waals surface area contributed by atoms with E-state index in [1.165, 1.54) is 0 Å². The van der Waals surface area contributed by atoms with Crippen LogP contribution in [0.25, 0.3) is 0 Å². The molecule has 6 heteroatoms. The third kappa shape index (κ3) is 6.15. The summed E-state index contributed by atoms with van der Waals surface area (Å²) in [5.74, 6) is 0.135. The summed E-state index contributed by atoms with van der Waals surface area (Å²) in [6.45, 7) is 10.0. The van der Waals surface area contributed by atoms with Gasteiger partial charge in [0.05, 0.1) is 19.1 Å². The Morgan fingerprint density at radius 3 is 2.03 bits per heavy atom. The van der Waals surface area contributed by atoms with E-state index in [0.29, 0.717) is 13.1 Å². The molecular formula is C25H34N4O2. The minimum Gasteiger partial charge on any atom is -0.338 e. The van der Waals surface area contributed by atoms with Crippen molar-refractivity contribution >= 4 is 17.5 Å². The van der Waals surface area contributed by atoms with Crippen molar-refractivity contribution in [1.29, 1.82) is 0 Å². The fourth-order valence-electron chi connectivity index (χ4n) is 3.97. The van der Waals surface area contributed by atoms with E-state index in [-0.39, 0.29) is 17.9 Å². The molecule has 1 atom stereocenters. The number of carbonyl (C=O) groups excluding carboxylic acids is 2. The van der Waals surface area contributed by atoms with Gasteiger partial charge >= 0.3 is 0 Å². The smallest absolute Gasteiger partial charge is 0.238 e. The van der Waals surface area contributed by atoms with Gasteiger partial charge in [-0.1, -0.05) is 48.5 Å². The summed E-state index contributed by atoms with van der Waals surface area (Å²) in [5, 5.41) is 3.06. The van der Waals surface area contributed by atoms with Crippen LogP contribution in [0.2, 0.25) is 0 Å². The number of nitrogens with zero attached hydrogens (tertiary/aromatic N) is 3. The third-order valence-electron chi connectivity index (χ3n) is 6.19. The summed E-state index contributed by atoms with van der Waals surface area (Å²) >= 11 is 0. The number of anilines is 1. The molecule has 6 nitrogen and oxygen atoms in total. The normalized spacial score (nSPS) is 16.0. The van der Waals surface area contributed by atoms with Gasteiger partial charge in [0.2, 0.25) is 11.8 Å². The minimum absolute atomic E-state index is 0.0124. The summed E-state index contributed by atoms with van der Waals surface area (Å²) < 4.78 is 0. The standard InChI is InChI=1S/C25H34N4O2/c1-19-9-8-10-20(2)25(19)26-23(30)17-28-13-15-29(16-14-28)18-24(31)27(4)21(3)22-11-6-5-7-12-22/h5-12,21H,13-18H2,1-4H3,(H,26,30)/t21-/m0/s1. The Morgan fingerprint density at radius 2 is 1.45 bits per heavy atom. The summed E-state index contributed by atoms with van der Waals surface area (Å²) in [6, 6.07) is 16.2. The molecule has 3 rings (SSSR count). The molecule has 0 aliphatic carbocycles. The lowest BCUT2D eigenvalue weighted by Gasteiger charge is -2.35. The molecule has 1 aliphatic rings. The average Bonchev–Trinajstić information content (AvgIpc) is 2.77. The quantitative estimate of drug-likeness (QED) is 0.745. The lowest BCUT2D eigenvalue weighted by molar-refractivity contribution is -0.133. The Hall–Kier alpha value is -2.70. The van der Waals surface area contributed by atoms with Gasteiger partial charge in [0.1, 0.15) is 0 Å². The van der Waals surface area contributed by atoms with Crippen molar-refractivity contribution in [3.8, 4) is 0 Å². The van der Waals surface area contributed by atoms with Crippen LogP contribution >= 0.6 is 0 Å². The van der Waals surface area contributed by atoms with Crippen LogP contribution < -0.4 is 5.32 Å². The molecule has 0 unspecified atom stereocenters. The molecule has 1 heterocycles. The monoisotopic (exact) mass is 422 g/mol. The molecule has 31 heavy (non-hydrogen) atoms. The lowest BCUT2D eigenvalue weighted by Crippen LogP contribution is -2.51. The van der Waals surface area contributed by atoms with Crippen LogP contribution in [-0.4, -0.2) is 72.8 Å². The summed E-state index contributed by atoms with van der Waals surface area (Å²) in [4.78, 5) is 31.4. The first kappa shape index (κ1) is 23.0. The third-order valence-corrected chi connectivity index (χ3v) is 6.19. The zero-order chi connectivity index (χ0) is 22.4. The van der Waals surface area contributed by atoms with Crippen molar-refractivity contribution in [1.82, 2.24) is 14.7 Å². The predicted molar refractivity (Wildman–Crippen MR) is 125 cm³/mol. The van der Waals surface area contributed by atoms with Gasteiger partial charge in [0.15, 0.2) is 0 Å². The number of rotatable bonds is 7. The van der Waals surface area contributed by atoms with Gasteiger partial charge in [-0.2, -0.15) is 0 Å². The molecule has 0 aromatic heterocycles. The van der Waals surface area contributed by atoms with Crippen LogP contribution in [0.3, 0.4) is 0 Å². The van der Waals surface area contributed by atoms with Crippen molar-refractivity contribution < 1.29 is 9.59 Å². The van der Waals surface area contributed by atoms with Crippen molar-refractivity contribution in [3.05, 3.63) is 65.2 Å². The Kier molecular flexibility index (Phi) is 7.82. The number of aryl methyl sites for hydroxylation is 2. The second kappa shape index (κ2) is 10.6. The van der Waals surface area contributed by atoms with Crippen molar-refractivity contribution in [2.24, 2.45) is 0 Å². The Balaban J connectivity index is 1.44. The van der Waals surface area contributed by atoms with E-state index in [4.69, 9.17) is 0 Å². The molecule has 0 bridgehead atoms. The van der Waals surface area contributed by atoms with E-state index >= 15 is 0 Å². The molecule has 166 valence electrons. The zero-order valence-corrected chi connectivity index (χ0v) is 19.1. The van der Waals surface area contributed by atoms with E-state index in [1.807, 2.05) is 62.2 Å². The van der Waals surface area contributed by atoms with E-state index in [0.717, 1.165) is 48.6 Å². The molecule has 1 saturated heterocycles. The summed E-state index contributed by atoms with van der Waals surface area (Å²) in [6.07, 6.45) is 0. The average molecular weight is 423 g/mol. The number of para-hydroxylation sites is 1. The van der Waals surface area contributed by atoms with Gasteiger partial charge in [0, 0.05) is 38.9 Å². The Labute approximate surface area is 185 Å². The van der Waals surface area contributed by atoms with Crippen molar-refractivity contribution in [3.63, 3.8) is 0 Å². The van der Waals surface area contributed by atoms with Crippen molar-refractivity contribution in [2.45, 2.75) is 26.8 Å². The number of likely N-dealkylation sites (N-methyl/N-ethyl adjacent to an activating group) is 1. The van der Waals surface area contributed by atoms with E-state index in [9.17, 15) is 9.59 Å². The first-order valence-electron chi connectivity index (χ1n) is 11.0. The topological polar surface area (TPSA) is 55.9 Å². The zero-order valence-electron chi connectivity index (χ0n) is 19.1. The number of benzene rings is 2. The van der Waals surface area contributed by atoms with Crippen LogP contribution in [-0.2, 0) is 9.59 Å². The van der Waals surface area contributed by atoms with Gasteiger partial charge in [-0.3, -0.25) is 19.4 Å². The van der Waals surface area contributed by atoms with Crippen LogP contribution in [0.15, 0.2) is 48.5 Å². The number of piperazine rings is 1. The van der Waals surface area contributed by atoms with Gasteiger partial charge in [-0.25, -0.2) is 0 Å². The Bertz CT molecular complexity index is 871. The van der Waals surface area contributed by atoms with Crippen LogP contribution in [0.4, 0.5) is 5.69 Å². The fourth-order valence-corrected chi connectivity index (χ4v) is 3.97. The Morgan fingerprint density at radius 1 is 0.903 bits per heavy atom. The second-order valence-electron chi connectivity index (χ2n) is 8.46. The van der Waals surface area contributed by atoms with Crippen LogP contribution in [0.5, 0.6) is 0 Å². The van der Waals surface area contributed by atoms with E-state index in [1.54, 1.807) is 0 Å². The first-order chi connectivity index (χ1) is 14.8. The number of hydrogen-bond donors (Lipinski definition) is 1. The molecule has 0 spiro atoms. The molecule has 2 amide bonds. The maximum atomic E-state index is 12.8. The minimum atomic E-state index is 0.0124. The van der Waals surface area contributed by atoms with E-state index in [2.05, 4.69) is 34.2 Å².